The van der Waals surface area contributed by atoms with Crippen molar-refractivity contribution in [3.8, 4) is 11.1 Å². The van der Waals surface area contributed by atoms with Crippen LogP contribution >= 0.6 is 12.6 Å². The van der Waals surface area contributed by atoms with Crippen LogP contribution in [0.5, 0.6) is 0 Å². The topological polar surface area (TPSA) is 0 Å². The normalized spacial score (nSPS) is 10.8. The Bertz CT molecular complexity index is 478. The Morgan fingerprint density at radius 3 is 2.12 bits per heavy atom. The SMILES string of the molecule is FC(F)c1ccccc1-c1ccc(S)cc1. The predicted molar refractivity (Wildman–Crippen MR) is 64.1 cm³/mol. The van der Waals surface area contributed by atoms with Crippen LogP contribution in [-0.4, -0.2) is 0 Å². The Morgan fingerprint density at radius 1 is 0.875 bits per heavy atom. The maximum atomic E-state index is 12.8. The van der Waals surface area contributed by atoms with Crippen molar-refractivity contribution in [3.05, 3.63) is 54.1 Å². The average Bonchev–Trinajstić information content (AvgIpc) is 2.30. The molecule has 2 rings (SSSR count). The molecule has 82 valence electrons. The first-order valence-corrected chi connectivity index (χ1v) is 5.29. The summed E-state index contributed by atoms with van der Waals surface area (Å²) in [6.45, 7) is 0. The Kier molecular flexibility index (Phi) is 3.25. The van der Waals surface area contributed by atoms with Crippen LogP contribution in [0.1, 0.15) is 12.0 Å². The molecular formula is C13H10F2S. The van der Waals surface area contributed by atoms with Crippen LogP contribution < -0.4 is 0 Å². The van der Waals surface area contributed by atoms with Gasteiger partial charge in [-0.2, -0.15) is 0 Å². The van der Waals surface area contributed by atoms with Crippen LogP contribution in [-0.2, 0) is 0 Å². The van der Waals surface area contributed by atoms with E-state index in [0.717, 1.165) is 10.5 Å². The van der Waals surface area contributed by atoms with Gasteiger partial charge in [0, 0.05) is 10.5 Å². The summed E-state index contributed by atoms with van der Waals surface area (Å²) in [5.41, 5.74) is 1.42. The van der Waals surface area contributed by atoms with Gasteiger partial charge in [0.15, 0.2) is 0 Å². The highest BCUT2D eigenvalue weighted by atomic mass is 32.1. The first kappa shape index (κ1) is 11.1. The first-order valence-electron chi connectivity index (χ1n) is 4.85. The van der Waals surface area contributed by atoms with Gasteiger partial charge in [-0.05, 0) is 23.3 Å². The highest BCUT2D eigenvalue weighted by Gasteiger charge is 2.12. The lowest BCUT2D eigenvalue weighted by Crippen LogP contribution is -1.89. The van der Waals surface area contributed by atoms with Crippen LogP contribution in [0.25, 0.3) is 11.1 Å². The Balaban J connectivity index is 2.51. The number of hydrogen-bond donors (Lipinski definition) is 1. The van der Waals surface area contributed by atoms with Crippen molar-refractivity contribution in [2.75, 3.05) is 0 Å². The van der Waals surface area contributed by atoms with Gasteiger partial charge in [0.2, 0.25) is 0 Å². The molecular weight excluding hydrogens is 226 g/mol. The molecule has 16 heavy (non-hydrogen) atoms. The highest BCUT2D eigenvalue weighted by molar-refractivity contribution is 7.80. The van der Waals surface area contributed by atoms with Crippen molar-refractivity contribution in [2.45, 2.75) is 11.3 Å². The molecule has 0 nitrogen and oxygen atoms in total. The van der Waals surface area contributed by atoms with Crippen molar-refractivity contribution < 1.29 is 8.78 Å². The summed E-state index contributed by atoms with van der Waals surface area (Å²) < 4.78 is 25.6. The third-order valence-corrected chi connectivity index (χ3v) is 2.67. The maximum absolute atomic E-state index is 12.8. The molecule has 0 aliphatic rings. The zero-order valence-corrected chi connectivity index (χ0v) is 9.29. The van der Waals surface area contributed by atoms with Gasteiger partial charge >= 0.3 is 0 Å². The number of hydrogen-bond acceptors (Lipinski definition) is 1. The molecule has 0 unspecified atom stereocenters. The molecule has 3 heteroatoms. The minimum absolute atomic E-state index is 0.0643. The summed E-state index contributed by atoms with van der Waals surface area (Å²) in [5, 5.41) is 0. The van der Waals surface area contributed by atoms with Gasteiger partial charge in [-0.15, -0.1) is 12.6 Å². The Morgan fingerprint density at radius 2 is 1.50 bits per heavy atom. The van der Waals surface area contributed by atoms with Crippen LogP contribution in [0.4, 0.5) is 8.78 Å². The molecule has 0 N–H and O–H groups in total. The van der Waals surface area contributed by atoms with Crippen molar-refractivity contribution in [1.29, 1.82) is 0 Å². The van der Waals surface area contributed by atoms with Crippen LogP contribution in [0.15, 0.2) is 53.4 Å². The van der Waals surface area contributed by atoms with E-state index >= 15 is 0 Å². The molecule has 0 amide bonds. The molecule has 0 fully saturated rings. The lowest BCUT2D eigenvalue weighted by molar-refractivity contribution is 0.152. The quantitative estimate of drug-likeness (QED) is 0.725. The summed E-state index contributed by atoms with van der Waals surface area (Å²) >= 11 is 4.16. The van der Waals surface area contributed by atoms with Crippen LogP contribution in [0, 0.1) is 0 Å². The van der Waals surface area contributed by atoms with Gasteiger partial charge in [-0.1, -0.05) is 36.4 Å². The van der Waals surface area contributed by atoms with E-state index in [1.165, 1.54) is 6.07 Å². The minimum atomic E-state index is -2.45. The lowest BCUT2D eigenvalue weighted by Gasteiger charge is -2.08. The summed E-state index contributed by atoms with van der Waals surface area (Å²) in [7, 11) is 0. The largest absolute Gasteiger partial charge is 0.264 e. The molecule has 2 aromatic carbocycles. The van der Waals surface area contributed by atoms with E-state index in [2.05, 4.69) is 12.6 Å². The molecule has 0 saturated heterocycles. The van der Waals surface area contributed by atoms with E-state index in [0.29, 0.717) is 5.56 Å². The number of thiol groups is 1. The maximum Gasteiger partial charge on any atom is 0.264 e. The van der Waals surface area contributed by atoms with Gasteiger partial charge in [0.1, 0.15) is 0 Å². The third-order valence-electron chi connectivity index (χ3n) is 2.37. The number of alkyl halides is 2. The van der Waals surface area contributed by atoms with Gasteiger partial charge in [0.05, 0.1) is 0 Å². The smallest absolute Gasteiger partial charge is 0.205 e. The monoisotopic (exact) mass is 236 g/mol. The summed E-state index contributed by atoms with van der Waals surface area (Å²) in [5.74, 6) is 0. The van der Waals surface area contributed by atoms with Crippen LogP contribution in [0.3, 0.4) is 0 Å². The summed E-state index contributed by atoms with van der Waals surface area (Å²) in [4.78, 5) is 0.818. The molecule has 0 heterocycles. The third kappa shape index (κ3) is 2.25. The highest BCUT2D eigenvalue weighted by Crippen LogP contribution is 2.31. The van der Waals surface area contributed by atoms with Crippen molar-refractivity contribution in [3.63, 3.8) is 0 Å². The van der Waals surface area contributed by atoms with E-state index in [-0.39, 0.29) is 5.56 Å². The fourth-order valence-electron chi connectivity index (χ4n) is 1.59. The van der Waals surface area contributed by atoms with Crippen molar-refractivity contribution in [1.82, 2.24) is 0 Å². The van der Waals surface area contributed by atoms with Crippen molar-refractivity contribution in [2.24, 2.45) is 0 Å². The second-order valence-corrected chi connectivity index (χ2v) is 3.95. The lowest BCUT2D eigenvalue weighted by atomic mass is 10.0. The van der Waals surface area contributed by atoms with E-state index in [4.69, 9.17) is 0 Å². The molecule has 0 radical (unpaired) electrons. The summed E-state index contributed by atoms with van der Waals surface area (Å²) in [6, 6.07) is 13.7. The zero-order chi connectivity index (χ0) is 11.5. The molecule has 0 aliphatic heterocycles. The Labute approximate surface area is 98.3 Å². The summed E-state index contributed by atoms with van der Waals surface area (Å²) in [6.07, 6.45) is -2.45. The van der Waals surface area contributed by atoms with E-state index in [1.54, 1.807) is 42.5 Å². The van der Waals surface area contributed by atoms with Crippen LogP contribution in [0.2, 0.25) is 0 Å². The van der Waals surface area contributed by atoms with Crippen molar-refractivity contribution >= 4 is 12.6 Å². The molecule has 0 aliphatic carbocycles. The zero-order valence-electron chi connectivity index (χ0n) is 8.40. The number of rotatable bonds is 2. The van der Waals surface area contributed by atoms with E-state index < -0.39 is 6.43 Å². The molecule has 0 atom stereocenters. The number of halogens is 2. The first-order chi connectivity index (χ1) is 7.68. The van der Waals surface area contributed by atoms with E-state index in [1.807, 2.05) is 0 Å². The fraction of sp³-hybridized carbons (Fsp3) is 0.0769. The minimum Gasteiger partial charge on any atom is -0.205 e. The second kappa shape index (κ2) is 4.66. The fourth-order valence-corrected chi connectivity index (χ4v) is 1.74. The number of benzene rings is 2. The molecule has 0 bridgehead atoms. The van der Waals surface area contributed by atoms with Gasteiger partial charge in [-0.3, -0.25) is 0 Å². The molecule has 0 aromatic heterocycles. The molecule has 0 saturated carbocycles. The molecule has 2 aromatic rings. The predicted octanol–water partition coefficient (Wildman–Crippen LogP) is 4.58. The van der Waals surface area contributed by atoms with Gasteiger partial charge in [0.25, 0.3) is 6.43 Å². The van der Waals surface area contributed by atoms with Gasteiger partial charge < -0.3 is 0 Å². The van der Waals surface area contributed by atoms with E-state index in [9.17, 15) is 8.78 Å². The van der Waals surface area contributed by atoms with Gasteiger partial charge in [-0.25, -0.2) is 8.78 Å². The standard InChI is InChI=1S/C13H10F2S/c14-13(15)12-4-2-1-3-11(12)9-5-7-10(16)8-6-9/h1-8,13,16H. The second-order valence-electron chi connectivity index (χ2n) is 3.43. The average molecular weight is 236 g/mol. The Hall–Kier alpha value is -1.35. The molecule has 0 spiro atoms.